The second kappa shape index (κ2) is 8.20. The lowest BCUT2D eigenvalue weighted by molar-refractivity contribution is -0.122. The molecule has 0 bridgehead atoms. The van der Waals surface area contributed by atoms with Crippen LogP contribution in [-0.4, -0.2) is 27.3 Å². The third-order valence-electron chi connectivity index (χ3n) is 3.31. The Morgan fingerprint density at radius 3 is 2.40 bits per heavy atom. The predicted molar refractivity (Wildman–Crippen MR) is 100 cm³/mol. The molecule has 2 heterocycles. The molecule has 0 aliphatic rings. The van der Waals surface area contributed by atoms with Gasteiger partial charge in [0.1, 0.15) is 0 Å². The van der Waals surface area contributed by atoms with Crippen LogP contribution < -0.4 is 10.6 Å². The zero-order valence-corrected chi connectivity index (χ0v) is 15.9. The Balaban J connectivity index is 1.84. The van der Waals surface area contributed by atoms with Crippen LogP contribution in [0.4, 0.5) is 5.13 Å². The average molecular weight is 360 g/mol. The van der Waals surface area contributed by atoms with E-state index in [1.165, 1.54) is 11.3 Å². The molecule has 25 heavy (non-hydrogen) atoms. The van der Waals surface area contributed by atoms with Gasteiger partial charge >= 0.3 is 0 Å². The Morgan fingerprint density at radius 2 is 1.76 bits per heavy atom. The fraction of sp³-hybridized carbons (Fsp3) is 0.444. The first-order chi connectivity index (χ1) is 11.7. The summed E-state index contributed by atoms with van der Waals surface area (Å²) in [6.07, 6.45) is 4.60. The van der Waals surface area contributed by atoms with Crippen molar-refractivity contribution in [2.24, 2.45) is 0 Å². The number of carbonyl (C=O) groups excluding carboxylic acids is 2. The van der Waals surface area contributed by atoms with E-state index in [0.717, 1.165) is 16.1 Å². The summed E-state index contributed by atoms with van der Waals surface area (Å²) < 4.78 is 0. The summed E-state index contributed by atoms with van der Waals surface area (Å²) in [4.78, 5) is 33.2. The number of rotatable bonds is 6. The van der Waals surface area contributed by atoms with Gasteiger partial charge in [-0.2, -0.15) is 0 Å². The molecule has 0 unspecified atom stereocenters. The standard InChI is InChI=1S/C18H24N4O2S/c1-12-16(13-8-10-19-11-9-13)25-17(20-12)21-14(23)6-5-7-15(24)22-18(2,3)4/h8-11H,5-7H2,1-4H3,(H,22,24)(H,20,21,23). The van der Waals surface area contributed by atoms with Crippen molar-refractivity contribution in [3.8, 4) is 10.4 Å². The summed E-state index contributed by atoms with van der Waals surface area (Å²) in [7, 11) is 0. The van der Waals surface area contributed by atoms with Gasteiger partial charge in [-0.15, -0.1) is 0 Å². The number of nitrogens with one attached hydrogen (secondary N) is 2. The zero-order chi connectivity index (χ0) is 18.4. The van der Waals surface area contributed by atoms with Crippen molar-refractivity contribution < 1.29 is 9.59 Å². The minimum Gasteiger partial charge on any atom is -0.352 e. The zero-order valence-electron chi connectivity index (χ0n) is 15.0. The van der Waals surface area contributed by atoms with Crippen LogP contribution in [0.5, 0.6) is 0 Å². The van der Waals surface area contributed by atoms with Crippen LogP contribution in [0.2, 0.25) is 0 Å². The number of hydrogen-bond donors (Lipinski definition) is 2. The summed E-state index contributed by atoms with van der Waals surface area (Å²) in [6.45, 7) is 7.72. The molecule has 0 atom stereocenters. The van der Waals surface area contributed by atoms with Crippen LogP contribution in [0, 0.1) is 6.92 Å². The summed E-state index contributed by atoms with van der Waals surface area (Å²) >= 11 is 1.44. The molecule has 0 radical (unpaired) electrons. The summed E-state index contributed by atoms with van der Waals surface area (Å²) in [6, 6.07) is 3.83. The third-order valence-corrected chi connectivity index (χ3v) is 4.43. The van der Waals surface area contributed by atoms with Crippen molar-refractivity contribution in [2.75, 3.05) is 5.32 Å². The van der Waals surface area contributed by atoms with Gasteiger partial charge in [-0.1, -0.05) is 11.3 Å². The molecule has 0 aliphatic heterocycles. The van der Waals surface area contributed by atoms with Crippen molar-refractivity contribution >= 4 is 28.3 Å². The van der Waals surface area contributed by atoms with Gasteiger partial charge in [0, 0.05) is 30.8 Å². The van der Waals surface area contributed by atoms with E-state index in [-0.39, 0.29) is 17.4 Å². The van der Waals surface area contributed by atoms with Crippen LogP contribution >= 0.6 is 11.3 Å². The molecule has 2 rings (SSSR count). The minimum absolute atomic E-state index is 0.0367. The predicted octanol–water partition coefficient (Wildman–Crippen LogP) is 3.54. The normalized spacial score (nSPS) is 11.2. The van der Waals surface area contributed by atoms with Crippen LogP contribution in [0.15, 0.2) is 24.5 Å². The molecule has 6 nitrogen and oxygen atoms in total. The molecule has 2 amide bonds. The topological polar surface area (TPSA) is 84.0 Å². The van der Waals surface area contributed by atoms with E-state index < -0.39 is 0 Å². The Labute approximate surface area is 152 Å². The molecule has 2 N–H and O–H groups in total. The lowest BCUT2D eigenvalue weighted by Gasteiger charge is -2.20. The summed E-state index contributed by atoms with van der Waals surface area (Å²) in [5, 5.41) is 6.28. The summed E-state index contributed by atoms with van der Waals surface area (Å²) in [5.74, 6) is -0.163. The third kappa shape index (κ3) is 6.26. The van der Waals surface area contributed by atoms with E-state index in [1.807, 2.05) is 39.8 Å². The maximum atomic E-state index is 12.1. The first-order valence-corrected chi connectivity index (χ1v) is 9.05. The van der Waals surface area contributed by atoms with Gasteiger partial charge < -0.3 is 10.6 Å². The van der Waals surface area contributed by atoms with Crippen molar-refractivity contribution in [2.45, 2.75) is 52.5 Å². The molecule has 2 aromatic heterocycles. The Hall–Kier alpha value is -2.28. The SMILES string of the molecule is Cc1nc(NC(=O)CCCC(=O)NC(C)(C)C)sc1-c1ccncc1. The Bertz CT molecular complexity index is 735. The Kier molecular flexibility index (Phi) is 6.25. The van der Waals surface area contributed by atoms with Crippen LogP contribution in [0.25, 0.3) is 10.4 Å². The molecule has 0 aromatic carbocycles. The van der Waals surface area contributed by atoms with Crippen LogP contribution in [0.3, 0.4) is 0 Å². The maximum Gasteiger partial charge on any atom is 0.226 e. The van der Waals surface area contributed by atoms with Crippen molar-refractivity contribution in [1.29, 1.82) is 0 Å². The van der Waals surface area contributed by atoms with Gasteiger partial charge in [-0.25, -0.2) is 4.98 Å². The number of carbonyl (C=O) groups is 2. The van der Waals surface area contributed by atoms with E-state index in [2.05, 4.69) is 20.6 Å². The highest BCUT2D eigenvalue weighted by Gasteiger charge is 2.15. The molecule has 0 saturated carbocycles. The molecular weight excluding hydrogens is 336 g/mol. The minimum atomic E-state index is -0.249. The number of hydrogen-bond acceptors (Lipinski definition) is 5. The molecule has 0 saturated heterocycles. The monoisotopic (exact) mass is 360 g/mol. The van der Waals surface area contributed by atoms with E-state index in [4.69, 9.17) is 0 Å². The van der Waals surface area contributed by atoms with Gasteiger partial charge in [0.15, 0.2) is 5.13 Å². The van der Waals surface area contributed by atoms with Gasteiger partial charge in [-0.05, 0) is 51.8 Å². The first kappa shape index (κ1) is 19.1. The van der Waals surface area contributed by atoms with E-state index >= 15 is 0 Å². The largest absolute Gasteiger partial charge is 0.352 e. The molecular formula is C18H24N4O2S. The molecule has 0 fully saturated rings. The number of amides is 2. The lowest BCUT2D eigenvalue weighted by atomic mass is 10.1. The molecule has 0 aliphatic carbocycles. The van der Waals surface area contributed by atoms with Crippen LogP contribution in [0.1, 0.15) is 45.7 Å². The number of nitrogens with zero attached hydrogens (tertiary/aromatic N) is 2. The second-order valence-electron chi connectivity index (χ2n) is 6.87. The number of pyridine rings is 1. The second-order valence-corrected chi connectivity index (χ2v) is 7.87. The van der Waals surface area contributed by atoms with Crippen LogP contribution in [-0.2, 0) is 9.59 Å². The Morgan fingerprint density at radius 1 is 1.12 bits per heavy atom. The fourth-order valence-electron chi connectivity index (χ4n) is 2.29. The van der Waals surface area contributed by atoms with Gasteiger partial charge in [0.25, 0.3) is 0 Å². The fourth-order valence-corrected chi connectivity index (χ4v) is 3.28. The van der Waals surface area contributed by atoms with E-state index in [0.29, 0.717) is 24.4 Å². The van der Waals surface area contributed by atoms with E-state index in [1.54, 1.807) is 12.4 Å². The lowest BCUT2D eigenvalue weighted by Crippen LogP contribution is -2.40. The number of anilines is 1. The average Bonchev–Trinajstić information content (AvgIpc) is 2.86. The van der Waals surface area contributed by atoms with Gasteiger partial charge in [0.05, 0.1) is 10.6 Å². The number of aromatic nitrogens is 2. The quantitative estimate of drug-likeness (QED) is 0.825. The molecule has 134 valence electrons. The number of aryl methyl sites for hydroxylation is 1. The van der Waals surface area contributed by atoms with Crippen molar-refractivity contribution in [1.82, 2.24) is 15.3 Å². The molecule has 2 aromatic rings. The summed E-state index contributed by atoms with van der Waals surface area (Å²) in [5.41, 5.74) is 1.65. The molecule has 7 heteroatoms. The smallest absolute Gasteiger partial charge is 0.226 e. The van der Waals surface area contributed by atoms with Crippen molar-refractivity contribution in [3.05, 3.63) is 30.2 Å². The van der Waals surface area contributed by atoms with Gasteiger partial charge in [0.2, 0.25) is 11.8 Å². The van der Waals surface area contributed by atoms with Crippen molar-refractivity contribution in [3.63, 3.8) is 0 Å². The highest BCUT2D eigenvalue weighted by Crippen LogP contribution is 2.32. The number of thiazole rings is 1. The molecule has 0 spiro atoms. The van der Waals surface area contributed by atoms with Gasteiger partial charge in [-0.3, -0.25) is 14.6 Å². The highest BCUT2D eigenvalue weighted by molar-refractivity contribution is 7.19. The highest BCUT2D eigenvalue weighted by atomic mass is 32.1. The first-order valence-electron chi connectivity index (χ1n) is 8.23. The van der Waals surface area contributed by atoms with E-state index in [9.17, 15) is 9.59 Å². The maximum absolute atomic E-state index is 12.1.